The lowest BCUT2D eigenvalue weighted by atomic mass is 9.69. The van der Waals surface area contributed by atoms with E-state index < -0.39 is 29.9 Å². The molecular weight excluding hydrogens is 298 g/mol. The van der Waals surface area contributed by atoms with Gasteiger partial charge in [0.25, 0.3) is 0 Å². The van der Waals surface area contributed by atoms with Crippen LogP contribution in [0.1, 0.15) is 0 Å². The fraction of sp³-hybridized carbons (Fsp3) is 0.353. The topological polar surface area (TPSA) is 72.9 Å². The standard InChI is InChI=1S/C17H17NO5/c1-22-16(20)15-11-7-8-14(13(15)10-19)18(9-11)17(21)23-12-5-3-2-4-6-12/h2-8,10-11,13-15H,9H2,1H3/t11-,13+,14+,15+/m0/s1. The molecular formula is C17H17NO5. The molecule has 0 radical (unpaired) electrons. The van der Waals surface area contributed by atoms with E-state index >= 15 is 0 Å². The van der Waals surface area contributed by atoms with Crippen LogP contribution in [0.25, 0.3) is 0 Å². The number of methoxy groups -OCH3 is 1. The first kappa shape index (κ1) is 15.3. The Balaban J connectivity index is 1.79. The lowest BCUT2D eigenvalue weighted by Crippen LogP contribution is -2.59. The second-order valence-electron chi connectivity index (χ2n) is 5.64. The lowest BCUT2D eigenvalue weighted by molar-refractivity contribution is -0.154. The maximum absolute atomic E-state index is 12.4. The molecule has 3 aliphatic rings. The van der Waals surface area contributed by atoms with Crippen molar-refractivity contribution in [3.05, 3.63) is 42.5 Å². The Hall–Kier alpha value is -2.63. The Morgan fingerprint density at radius 2 is 1.96 bits per heavy atom. The number of nitrogens with zero attached hydrogens (tertiary/aromatic N) is 1. The van der Waals surface area contributed by atoms with Gasteiger partial charge in [-0.25, -0.2) is 4.79 Å². The third kappa shape index (κ3) is 2.72. The number of rotatable bonds is 3. The van der Waals surface area contributed by atoms with Crippen molar-refractivity contribution in [2.24, 2.45) is 17.8 Å². The minimum atomic E-state index is -0.616. The minimum Gasteiger partial charge on any atom is -0.469 e. The number of aldehydes is 1. The van der Waals surface area contributed by atoms with Crippen LogP contribution in [0.4, 0.5) is 4.79 Å². The summed E-state index contributed by atoms with van der Waals surface area (Å²) in [5.41, 5.74) is 0. The van der Waals surface area contributed by atoms with Gasteiger partial charge in [0.1, 0.15) is 12.0 Å². The lowest BCUT2D eigenvalue weighted by Gasteiger charge is -2.47. The highest BCUT2D eigenvalue weighted by molar-refractivity contribution is 5.81. The molecule has 120 valence electrons. The molecule has 4 rings (SSSR count). The van der Waals surface area contributed by atoms with Crippen LogP contribution in [0.5, 0.6) is 5.75 Å². The molecule has 0 saturated carbocycles. The van der Waals surface area contributed by atoms with Gasteiger partial charge in [-0.15, -0.1) is 0 Å². The molecule has 1 aliphatic carbocycles. The van der Waals surface area contributed by atoms with Crippen molar-refractivity contribution in [1.82, 2.24) is 4.90 Å². The van der Waals surface area contributed by atoms with Crippen LogP contribution >= 0.6 is 0 Å². The van der Waals surface area contributed by atoms with Crippen LogP contribution in [-0.2, 0) is 14.3 Å². The second kappa shape index (κ2) is 6.24. The fourth-order valence-corrected chi connectivity index (χ4v) is 3.31. The molecule has 2 bridgehead atoms. The highest BCUT2D eigenvalue weighted by Crippen LogP contribution is 2.39. The number of piperidine rings is 1. The number of carbonyl (C=O) groups is 3. The van der Waals surface area contributed by atoms with E-state index in [2.05, 4.69) is 0 Å². The summed E-state index contributed by atoms with van der Waals surface area (Å²) in [5.74, 6) is -1.39. The van der Waals surface area contributed by atoms with Gasteiger partial charge >= 0.3 is 12.1 Å². The van der Waals surface area contributed by atoms with Gasteiger partial charge in [0.15, 0.2) is 0 Å². The third-order valence-electron chi connectivity index (χ3n) is 4.41. The molecule has 6 heteroatoms. The Morgan fingerprint density at radius 3 is 2.61 bits per heavy atom. The molecule has 1 saturated heterocycles. The van der Waals surface area contributed by atoms with E-state index in [0.29, 0.717) is 12.3 Å². The second-order valence-corrected chi connectivity index (χ2v) is 5.64. The number of para-hydroxylation sites is 1. The van der Waals surface area contributed by atoms with Crippen molar-refractivity contribution in [3.63, 3.8) is 0 Å². The first-order chi connectivity index (χ1) is 11.2. The van der Waals surface area contributed by atoms with Crippen LogP contribution in [0, 0.1) is 17.8 Å². The van der Waals surface area contributed by atoms with Gasteiger partial charge in [-0.1, -0.05) is 30.4 Å². The van der Waals surface area contributed by atoms with Crippen LogP contribution < -0.4 is 4.74 Å². The summed E-state index contributed by atoms with van der Waals surface area (Å²) in [6, 6.07) is 8.25. The highest BCUT2D eigenvalue weighted by Gasteiger charge is 2.50. The van der Waals surface area contributed by atoms with E-state index in [4.69, 9.17) is 9.47 Å². The summed E-state index contributed by atoms with van der Waals surface area (Å²) < 4.78 is 10.1. The fourth-order valence-electron chi connectivity index (χ4n) is 3.31. The molecule has 23 heavy (non-hydrogen) atoms. The molecule has 1 aromatic carbocycles. The van der Waals surface area contributed by atoms with Gasteiger partial charge in [0.2, 0.25) is 0 Å². The number of ether oxygens (including phenoxy) is 2. The van der Waals surface area contributed by atoms with Crippen LogP contribution in [0.2, 0.25) is 0 Å². The van der Waals surface area contributed by atoms with Gasteiger partial charge in [-0.05, 0) is 12.1 Å². The maximum Gasteiger partial charge on any atom is 0.415 e. The summed E-state index contributed by atoms with van der Waals surface area (Å²) in [5, 5.41) is 0. The quantitative estimate of drug-likeness (QED) is 0.482. The van der Waals surface area contributed by atoms with Gasteiger partial charge in [0, 0.05) is 12.5 Å². The zero-order valence-electron chi connectivity index (χ0n) is 12.6. The van der Waals surface area contributed by atoms with Crippen LogP contribution in [0.15, 0.2) is 42.5 Å². The molecule has 1 amide bonds. The van der Waals surface area contributed by atoms with Crippen molar-refractivity contribution < 1.29 is 23.9 Å². The van der Waals surface area contributed by atoms with Gasteiger partial charge in [-0.2, -0.15) is 0 Å². The van der Waals surface area contributed by atoms with Crippen molar-refractivity contribution in [1.29, 1.82) is 0 Å². The van der Waals surface area contributed by atoms with Gasteiger partial charge in [0.05, 0.1) is 25.0 Å². The number of hydrogen-bond donors (Lipinski definition) is 0. The molecule has 1 aromatic rings. The smallest absolute Gasteiger partial charge is 0.415 e. The average Bonchev–Trinajstić information content (AvgIpc) is 2.61. The Morgan fingerprint density at radius 1 is 1.22 bits per heavy atom. The zero-order chi connectivity index (χ0) is 16.4. The van der Waals surface area contributed by atoms with Crippen LogP contribution in [-0.4, -0.2) is 42.9 Å². The van der Waals surface area contributed by atoms with Gasteiger partial charge in [-0.3, -0.25) is 4.79 Å². The molecule has 0 aromatic heterocycles. The normalized spacial score (nSPS) is 28.3. The van der Waals surface area contributed by atoms with E-state index in [0.717, 1.165) is 6.29 Å². The number of esters is 1. The number of carbonyl (C=O) groups excluding carboxylic acids is 3. The summed E-state index contributed by atoms with van der Waals surface area (Å²) >= 11 is 0. The predicted molar refractivity (Wildman–Crippen MR) is 80.7 cm³/mol. The zero-order valence-corrected chi connectivity index (χ0v) is 12.6. The summed E-state index contributed by atoms with van der Waals surface area (Å²) in [4.78, 5) is 37.3. The van der Waals surface area contributed by atoms with E-state index in [1.54, 1.807) is 30.3 Å². The third-order valence-corrected chi connectivity index (χ3v) is 4.41. The van der Waals surface area contributed by atoms with E-state index in [1.807, 2.05) is 12.1 Å². The SMILES string of the molecule is COC(=O)[C@H]1[C@H](C=O)[C@H]2C=C[C@H]1CN2C(=O)Oc1ccccc1. The first-order valence-electron chi connectivity index (χ1n) is 7.40. The molecule has 0 N–H and O–H groups in total. The molecule has 6 nitrogen and oxygen atoms in total. The molecule has 4 atom stereocenters. The highest BCUT2D eigenvalue weighted by atomic mass is 16.6. The van der Waals surface area contributed by atoms with E-state index in [-0.39, 0.29) is 5.92 Å². The molecule has 0 spiro atoms. The largest absolute Gasteiger partial charge is 0.469 e. The number of fused-ring (bicyclic) bond motifs is 2. The molecule has 1 fully saturated rings. The number of amides is 1. The number of hydrogen-bond acceptors (Lipinski definition) is 5. The first-order valence-corrected chi connectivity index (χ1v) is 7.40. The van der Waals surface area contributed by atoms with Crippen molar-refractivity contribution in [3.8, 4) is 5.75 Å². The van der Waals surface area contributed by atoms with Gasteiger partial charge < -0.3 is 19.2 Å². The monoisotopic (exact) mass is 315 g/mol. The maximum atomic E-state index is 12.4. The van der Waals surface area contributed by atoms with Crippen molar-refractivity contribution in [2.45, 2.75) is 6.04 Å². The summed E-state index contributed by atoms with van der Waals surface area (Å²) in [7, 11) is 1.30. The number of benzene rings is 1. The van der Waals surface area contributed by atoms with Crippen molar-refractivity contribution in [2.75, 3.05) is 13.7 Å². The molecule has 2 heterocycles. The van der Waals surface area contributed by atoms with E-state index in [1.165, 1.54) is 12.0 Å². The average molecular weight is 315 g/mol. The molecule has 2 aliphatic heterocycles. The Kier molecular flexibility index (Phi) is 4.14. The van der Waals surface area contributed by atoms with E-state index in [9.17, 15) is 14.4 Å². The Labute approximate surface area is 133 Å². The Bertz CT molecular complexity index is 642. The molecule has 0 unspecified atom stereocenters. The van der Waals surface area contributed by atoms with Crippen molar-refractivity contribution >= 4 is 18.3 Å². The predicted octanol–water partition coefficient (Wildman–Crippen LogP) is 1.66. The summed E-state index contributed by atoms with van der Waals surface area (Å²) in [6.45, 7) is 0.330. The minimum absolute atomic E-state index is 0.244. The summed E-state index contributed by atoms with van der Waals surface area (Å²) in [6.07, 6.45) is 3.87. The van der Waals surface area contributed by atoms with Crippen LogP contribution in [0.3, 0.4) is 0 Å².